The van der Waals surface area contributed by atoms with Crippen LogP contribution in [0, 0.1) is 5.92 Å². The fraction of sp³-hybridized carbons (Fsp3) is 0.412. The molecule has 0 radical (unpaired) electrons. The Morgan fingerprint density at radius 1 is 1.42 bits per heavy atom. The zero-order valence-electron chi connectivity index (χ0n) is 13.8. The third kappa shape index (κ3) is 3.87. The summed E-state index contributed by atoms with van der Waals surface area (Å²) < 4.78 is 53.7. The van der Waals surface area contributed by atoms with Crippen molar-refractivity contribution >= 4 is 5.82 Å². The predicted molar refractivity (Wildman–Crippen MR) is 87.4 cm³/mol. The Morgan fingerprint density at radius 2 is 2.12 bits per heavy atom. The van der Waals surface area contributed by atoms with Crippen LogP contribution in [-0.2, 0) is 12.7 Å². The summed E-state index contributed by atoms with van der Waals surface area (Å²) in [6.45, 7) is 3.37. The van der Waals surface area contributed by atoms with Gasteiger partial charge in [-0.25, -0.2) is 14.4 Å². The number of pyridine rings is 1. The highest BCUT2D eigenvalue weighted by Gasteiger charge is 2.36. The Morgan fingerprint density at radius 3 is 2.69 bits per heavy atom. The zero-order chi connectivity index (χ0) is 19.1. The third-order valence-electron chi connectivity index (χ3n) is 4.28. The van der Waals surface area contributed by atoms with Crippen molar-refractivity contribution in [1.82, 2.24) is 14.5 Å². The molecule has 1 aliphatic carbocycles. The van der Waals surface area contributed by atoms with Crippen molar-refractivity contribution in [2.24, 2.45) is 5.92 Å². The molecule has 140 valence electrons. The number of aryl methyl sites for hydroxylation is 1. The quantitative estimate of drug-likeness (QED) is 0.757. The molecule has 26 heavy (non-hydrogen) atoms. The highest BCUT2D eigenvalue weighted by atomic mass is 19.4. The van der Waals surface area contributed by atoms with Gasteiger partial charge in [-0.3, -0.25) is 0 Å². The van der Waals surface area contributed by atoms with Gasteiger partial charge in [0.1, 0.15) is 17.7 Å². The summed E-state index contributed by atoms with van der Waals surface area (Å²) >= 11 is 0. The van der Waals surface area contributed by atoms with Gasteiger partial charge in [-0.15, -0.1) is 0 Å². The molecule has 2 aromatic heterocycles. The van der Waals surface area contributed by atoms with E-state index >= 15 is 0 Å². The molecule has 1 saturated carbocycles. The number of alkyl halides is 3. The molecular weight excluding hydrogens is 352 g/mol. The van der Waals surface area contributed by atoms with Gasteiger partial charge in [0.25, 0.3) is 0 Å². The van der Waals surface area contributed by atoms with E-state index < -0.39 is 29.5 Å². The maximum Gasteiger partial charge on any atom is 0.419 e. The van der Waals surface area contributed by atoms with Crippen LogP contribution in [0.5, 0.6) is 0 Å². The molecule has 9 heteroatoms. The zero-order valence-corrected chi connectivity index (χ0v) is 13.8. The van der Waals surface area contributed by atoms with Crippen LogP contribution >= 0.6 is 0 Å². The van der Waals surface area contributed by atoms with Crippen LogP contribution in [0.4, 0.5) is 23.4 Å². The minimum Gasteiger partial charge on any atom is -0.385 e. The van der Waals surface area contributed by atoms with Gasteiger partial charge >= 0.3 is 6.18 Å². The number of rotatable bonds is 6. The lowest BCUT2D eigenvalue weighted by atomic mass is 10.1. The van der Waals surface area contributed by atoms with Crippen molar-refractivity contribution in [2.45, 2.75) is 38.1 Å². The molecule has 1 aliphatic rings. The number of hydrogen-bond acceptors (Lipinski definition) is 4. The molecule has 3 rings (SSSR count). The molecule has 1 fully saturated rings. The van der Waals surface area contributed by atoms with E-state index in [1.807, 2.05) is 0 Å². The molecule has 0 saturated heterocycles. The van der Waals surface area contributed by atoms with Crippen molar-refractivity contribution in [3.63, 3.8) is 0 Å². The van der Waals surface area contributed by atoms with E-state index in [2.05, 4.69) is 16.5 Å². The van der Waals surface area contributed by atoms with Crippen molar-refractivity contribution in [3.8, 4) is 11.3 Å². The molecule has 2 aromatic rings. The van der Waals surface area contributed by atoms with Crippen molar-refractivity contribution in [3.05, 3.63) is 42.3 Å². The lowest BCUT2D eigenvalue weighted by molar-refractivity contribution is -0.137. The molecule has 0 spiro atoms. The first-order valence-corrected chi connectivity index (χ1v) is 8.08. The van der Waals surface area contributed by atoms with Gasteiger partial charge in [0.05, 0.1) is 17.1 Å². The fourth-order valence-corrected chi connectivity index (χ4v) is 2.69. The first-order valence-electron chi connectivity index (χ1n) is 8.08. The van der Waals surface area contributed by atoms with Gasteiger partial charge < -0.3 is 15.4 Å². The Labute approximate surface area is 147 Å². The van der Waals surface area contributed by atoms with Crippen LogP contribution in [0.15, 0.2) is 30.9 Å². The molecule has 3 N–H and O–H groups in total. The van der Waals surface area contributed by atoms with Gasteiger partial charge in [0.15, 0.2) is 0 Å². The number of aromatic nitrogens is 3. The second kappa shape index (κ2) is 6.71. The summed E-state index contributed by atoms with van der Waals surface area (Å²) in [6.07, 6.45) is -1.09. The first kappa shape index (κ1) is 18.4. The lowest BCUT2D eigenvalue weighted by Crippen LogP contribution is -2.10. The van der Waals surface area contributed by atoms with E-state index in [4.69, 9.17) is 5.73 Å². The van der Waals surface area contributed by atoms with Crippen LogP contribution in [0.1, 0.15) is 36.8 Å². The third-order valence-corrected chi connectivity index (χ3v) is 4.28. The number of imidazole rings is 1. The number of aliphatic hydroxyl groups excluding tert-OH is 1. The van der Waals surface area contributed by atoms with E-state index in [0.29, 0.717) is 5.82 Å². The Balaban J connectivity index is 1.99. The summed E-state index contributed by atoms with van der Waals surface area (Å²) in [4.78, 5) is 7.88. The lowest BCUT2D eigenvalue weighted by Gasteiger charge is -2.11. The second-order valence-electron chi connectivity index (χ2n) is 6.38. The van der Waals surface area contributed by atoms with Crippen molar-refractivity contribution < 1.29 is 22.7 Å². The Hall–Kier alpha value is -2.42. The molecule has 0 aliphatic heterocycles. The van der Waals surface area contributed by atoms with Crippen molar-refractivity contribution in [2.75, 3.05) is 5.73 Å². The number of allylic oxidation sites excluding steroid dienone is 1. The van der Waals surface area contributed by atoms with Crippen LogP contribution < -0.4 is 5.73 Å². The normalized spacial score (nSPS) is 15.9. The summed E-state index contributed by atoms with van der Waals surface area (Å²) in [5.74, 6) is -0.782. The maximum absolute atomic E-state index is 13.0. The number of nitrogen functional groups attached to an aromatic ring is 1. The van der Waals surface area contributed by atoms with Crippen LogP contribution in [0.2, 0.25) is 0 Å². The SMILES string of the molecule is C=C(F)CCn1cc(-c2cnc(N)c(C(F)(F)F)c2)nc1C(O)C1CC1. The summed E-state index contributed by atoms with van der Waals surface area (Å²) in [6, 6.07) is 0.871. The smallest absolute Gasteiger partial charge is 0.385 e. The number of aliphatic hydroxyl groups is 1. The molecule has 1 atom stereocenters. The minimum absolute atomic E-state index is 0.0218. The number of nitrogens with zero attached hydrogens (tertiary/aromatic N) is 3. The molecular formula is C17H18F4N4O. The van der Waals surface area contributed by atoms with E-state index in [1.165, 1.54) is 12.4 Å². The van der Waals surface area contributed by atoms with Gasteiger partial charge in [-0.2, -0.15) is 13.2 Å². The average Bonchev–Trinajstić information content (AvgIpc) is 3.31. The molecule has 0 aromatic carbocycles. The fourth-order valence-electron chi connectivity index (χ4n) is 2.69. The highest BCUT2D eigenvalue weighted by Crippen LogP contribution is 2.41. The standard InChI is InChI=1S/C17H18F4N4O/c1-9(18)4-5-25-8-13(24-16(25)14(26)10-2-3-10)11-6-12(17(19,20)21)15(22)23-7-11/h6-8,10,14,26H,1-5H2,(H2,22,23). The Kier molecular flexibility index (Phi) is 4.74. The Bertz CT molecular complexity index is 827. The number of hydrogen-bond donors (Lipinski definition) is 2. The molecule has 0 bridgehead atoms. The molecule has 2 heterocycles. The summed E-state index contributed by atoms with van der Waals surface area (Å²) in [5.41, 5.74) is 4.60. The van der Waals surface area contributed by atoms with Crippen LogP contribution in [-0.4, -0.2) is 19.6 Å². The monoisotopic (exact) mass is 370 g/mol. The number of anilines is 1. The largest absolute Gasteiger partial charge is 0.419 e. The van der Waals surface area contributed by atoms with Gasteiger partial charge in [-0.1, -0.05) is 6.58 Å². The molecule has 5 nitrogen and oxygen atoms in total. The van der Waals surface area contributed by atoms with Crippen molar-refractivity contribution in [1.29, 1.82) is 0 Å². The van der Waals surface area contributed by atoms with Gasteiger partial charge in [-0.05, 0) is 24.8 Å². The highest BCUT2D eigenvalue weighted by molar-refractivity contribution is 5.62. The summed E-state index contributed by atoms with van der Waals surface area (Å²) in [7, 11) is 0. The topological polar surface area (TPSA) is 77.0 Å². The van der Waals surface area contributed by atoms with Gasteiger partial charge in [0.2, 0.25) is 0 Å². The molecule has 1 unspecified atom stereocenters. The van der Waals surface area contributed by atoms with Gasteiger partial charge in [0, 0.05) is 30.9 Å². The van der Waals surface area contributed by atoms with Crippen LogP contribution in [0.25, 0.3) is 11.3 Å². The maximum atomic E-state index is 13.0. The number of halogens is 4. The summed E-state index contributed by atoms with van der Waals surface area (Å²) in [5, 5.41) is 10.4. The first-order chi connectivity index (χ1) is 12.2. The number of nitrogens with two attached hydrogens (primary N) is 1. The van der Waals surface area contributed by atoms with E-state index in [-0.39, 0.29) is 30.1 Å². The average molecular weight is 370 g/mol. The van der Waals surface area contributed by atoms with E-state index in [9.17, 15) is 22.7 Å². The van der Waals surface area contributed by atoms with E-state index in [0.717, 1.165) is 18.9 Å². The van der Waals surface area contributed by atoms with Crippen LogP contribution in [0.3, 0.4) is 0 Å². The molecule has 0 amide bonds. The van der Waals surface area contributed by atoms with E-state index in [1.54, 1.807) is 4.57 Å². The predicted octanol–water partition coefficient (Wildman–Crippen LogP) is 3.86. The minimum atomic E-state index is -4.64. The second-order valence-corrected chi connectivity index (χ2v) is 6.38.